The number of allylic oxidation sites excluding steroid dienone is 1. The van der Waals surface area contributed by atoms with Crippen LogP contribution in [0.1, 0.15) is 23.6 Å². The predicted octanol–water partition coefficient (Wildman–Crippen LogP) is 3.62. The van der Waals surface area contributed by atoms with E-state index < -0.39 is 11.7 Å². The SMILES string of the molecule is CC(=O)/C=C/c1cc(C)cc(C(F)(F)F)c1. The average molecular weight is 228 g/mol. The lowest BCUT2D eigenvalue weighted by atomic mass is 10.1. The number of alkyl halides is 3. The fraction of sp³-hybridized carbons (Fsp3) is 0.250. The highest BCUT2D eigenvalue weighted by atomic mass is 19.4. The quantitative estimate of drug-likeness (QED) is 0.706. The van der Waals surface area contributed by atoms with Crippen LogP contribution in [0.25, 0.3) is 6.08 Å². The summed E-state index contributed by atoms with van der Waals surface area (Å²) in [6, 6.07) is 3.69. The predicted molar refractivity (Wildman–Crippen MR) is 55.9 cm³/mol. The highest BCUT2D eigenvalue weighted by molar-refractivity contribution is 5.91. The smallest absolute Gasteiger partial charge is 0.295 e. The topological polar surface area (TPSA) is 17.1 Å². The molecule has 1 aromatic carbocycles. The summed E-state index contributed by atoms with van der Waals surface area (Å²) in [5.74, 6) is -0.199. The second kappa shape index (κ2) is 4.51. The molecule has 0 aliphatic rings. The molecule has 0 unspecified atom stereocenters. The minimum atomic E-state index is -4.36. The molecular weight excluding hydrogens is 217 g/mol. The molecule has 0 aliphatic heterocycles. The first kappa shape index (κ1) is 12.5. The lowest BCUT2D eigenvalue weighted by Gasteiger charge is -2.08. The van der Waals surface area contributed by atoms with E-state index in [1.807, 2.05) is 0 Å². The van der Waals surface area contributed by atoms with Crippen LogP contribution in [-0.2, 0) is 11.0 Å². The van der Waals surface area contributed by atoms with Crippen LogP contribution in [0.2, 0.25) is 0 Å². The Bertz CT molecular complexity index is 430. The largest absolute Gasteiger partial charge is 0.416 e. The van der Waals surface area contributed by atoms with E-state index in [-0.39, 0.29) is 5.78 Å². The first-order valence-electron chi connectivity index (χ1n) is 4.66. The van der Waals surface area contributed by atoms with Crippen LogP contribution >= 0.6 is 0 Å². The van der Waals surface area contributed by atoms with Crippen LogP contribution in [0, 0.1) is 6.92 Å². The molecule has 0 aliphatic carbocycles. The maximum atomic E-state index is 12.5. The Morgan fingerprint density at radius 2 is 1.88 bits per heavy atom. The van der Waals surface area contributed by atoms with Gasteiger partial charge in [-0.25, -0.2) is 0 Å². The van der Waals surface area contributed by atoms with E-state index in [2.05, 4.69) is 0 Å². The molecule has 1 aromatic rings. The fourth-order valence-corrected chi connectivity index (χ4v) is 1.29. The van der Waals surface area contributed by atoms with Gasteiger partial charge in [0, 0.05) is 0 Å². The van der Waals surface area contributed by atoms with Gasteiger partial charge in [0.05, 0.1) is 5.56 Å². The van der Waals surface area contributed by atoms with Crippen molar-refractivity contribution in [2.75, 3.05) is 0 Å². The molecule has 0 aromatic heterocycles. The van der Waals surface area contributed by atoms with Crippen molar-refractivity contribution in [3.63, 3.8) is 0 Å². The Morgan fingerprint density at radius 3 is 2.38 bits per heavy atom. The average Bonchev–Trinajstić information content (AvgIpc) is 2.12. The van der Waals surface area contributed by atoms with Crippen LogP contribution in [0.4, 0.5) is 13.2 Å². The van der Waals surface area contributed by atoms with Gasteiger partial charge in [0.15, 0.2) is 5.78 Å². The summed E-state index contributed by atoms with van der Waals surface area (Å²) in [7, 11) is 0. The van der Waals surface area contributed by atoms with Gasteiger partial charge >= 0.3 is 6.18 Å². The molecule has 0 spiro atoms. The molecule has 16 heavy (non-hydrogen) atoms. The summed E-state index contributed by atoms with van der Waals surface area (Å²) >= 11 is 0. The van der Waals surface area contributed by atoms with Crippen molar-refractivity contribution in [1.82, 2.24) is 0 Å². The van der Waals surface area contributed by atoms with Gasteiger partial charge in [-0.15, -0.1) is 0 Å². The van der Waals surface area contributed by atoms with Crippen LogP contribution in [0.5, 0.6) is 0 Å². The second-order valence-corrected chi connectivity index (χ2v) is 3.57. The third kappa shape index (κ3) is 3.53. The third-order valence-corrected chi connectivity index (χ3v) is 1.94. The summed E-state index contributed by atoms with van der Waals surface area (Å²) in [6.07, 6.45) is -1.73. The molecule has 0 heterocycles. The van der Waals surface area contributed by atoms with E-state index in [1.54, 1.807) is 13.0 Å². The molecule has 1 rings (SSSR count). The van der Waals surface area contributed by atoms with Gasteiger partial charge in [-0.05, 0) is 43.2 Å². The van der Waals surface area contributed by atoms with Crippen LogP contribution < -0.4 is 0 Å². The number of ketones is 1. The van der Waals surface area contributed by atoms with Gasteiger partial charge in [0.2, 0.25) is 0 Å². The highest BCUT2D eigenvalue weighted by Gasteiger charge is 2.30. The number of halogens is 3. The molecule has 0 atom stereocenters. The molecule has 0 amide bonds. The molecule has 0 saturated heterocycles. The zero-order chi connectivity index (χ0) is 12.3. The molecular formula is C12H11F3O. The first-order chi connectivity index (χ1) is 7.29. The van der Waals surface area contributed by atoms with Gasteiger partial charge in [-0.2, -0.15) is 13.2 Å². The van der Waals surface area contributed by atoms with Gasteiger partial charge in [-0.3, -0.25) is 4.79 Å². The summed E-state index contributed by atoms with van der Waals surface area (Å²) in [4.78, 5) is 10.7. The van der Waals surface area contributed by atoms with Crippen molar-refractivity contribution in [1.29, 1.82) is 0 Å². The van der Waals surface area contributed by atoms with Crippen molar-refractivity contribution in [3.05, 3.63) is 41.0 Å². The number of carbonyl (C=O) groups is 1. The van der Waals surface area contributed by atoms with E-state index >= 15 is 0 Å². The normalized spacial score (nSPS) is 12.1. The third-order valence-electron chi connectivity index (χ3n) is 1.94. The van der Waals surface area contributed by atoms with Crippen molar-refractivity contribution < 1.29 is 18.0 Å². The van der Waals surface area contributed by atoms with E-state index in [1.165, 1.54) is 19.1 Å². The van der Waals surface area contributed by atoms with Gasteiger partial charge < -0.3 is 0 Å². The maximum Gasteiger partial charge on any atom is 0.416 e. The number of aryl methyl sites for hydroxylation is 1. The molecule has 0 radical (unpaired) electrons. The lowest BCUT2D eigenvalue weighted by Crippen LogP contribution is -2.05. The Kier molecular flexibility index (Phi) is 3.52. The summed E-state index contributed by atoms with van der Waals surface area (Å²) in [5.41, 5.74) is 0.191. The fourth-order valence-electron chi connectivity index (χ4n) is 1.29. The number of benzene rings is 1. The van der Waals surface area contributed by atoms with Gasteiger partial charge in [-0.1, -0.05) is 12.1 Å². The number of hydrogen-bond donors (Lipinski definition) is 0. The summed E-state index contributed by atoms with van der Waals surface area (Å²) in [5, 5.41) is 0. The minimum Gasteiger partial charge on any atom is -0.295 e. The van der Waals surface area contributed by atoms with Crippen LogP contribution in [-0.4, -0.2) is 5.78 Å². The highest BCUT2D eigenvalue weighted by Crippen LogP contribution is 2.30. The standard InChI is InChI=1S/C12H11F3O/c1-8-5-10(4-3-9(2)16)7-11(6-8)12(13,14)15/h3-7H,1-2H3/b4-3+. The maximum absolute atomic E-state index is 12.5. The van der Waals surface area contributed by atoms with E-state index in [4.69, 9.17) is 0 Å². The molecule has 0 saturated carbocycles. The van der Waals surface area contributed by atoms with Crippen molar-refractivity contribution in [2.45, 2.75) is 20.0 Å². The summed E-state index contributed by atoms with van der Waals surface area (Å²) in [6.45, 7) is 2.93. The Hall–Kier alpha value is -1.58. The summed E-state index contributed by atoms with van der Waals surface area (Å²) < 4.78 is 37.4. The lowest BCUT2D eigenvalue weighted by molar-refractivity contribution is -0.137. The van der Waals surface area contributed by atoms with E-state index in [9.17, 15) is 18.0 Å². The van der Waals surface area contributed by atoms with Crippen molar-refractivity contribution >= 4 is 11.9 Å². The van der Waals surface area contributed by atoms with Gasteiger partial charge in [0.1, 0.15) is 0 Å². The molecule has 0 fully saturated rings. The molecule has 0 bridgehead atoms. The monoisotopic (exact) mass is 228 g/mol. The Morgan fingerprint density at radius 1 is 1.25 bits per heavy atom. The van der Waals surface area contributed by atoms with Crippen LogP contribution in [0.15, 0.2) is 24.3 Å². The number of carbonyl (C=O) groups excluding carboxylic acids is 1. The first-order valence-corrected chi connectivity index (χ1v) is 4.66. The molecule has 1 nitrogen and oxygen atoms in total. The molecule has 0 N–H and O–H groups in total. The van der Waals surface area contributed by atoms with Crippen LogP contribution in [0.3, 0.4) is 0 Å². The Balaban J connectivity index is 3.13. The Labute approximate surface area is 91.6 Å². The molecule has 4 heteroatoms. The number of rotatable bonds is 2. The van der Waals surface area contributed by atoms with Gasteiger partial charge in [0.25, 0.3) is 0 Å². The van der Waals surface area contributed by atoms with E-state index in [0.717, 1.165) is 12.1 Å². The molecule has 86 valence electrons. The second-order valence-electron chi connectivity index (χ2n) is 3.57. The number of hydrogen-bond acceptors (Lipinski definition) is 1. The van der Waals surface area contributed by atoms with E-state index in [0.29, 0.717) is 11.1 Å². The zero-order valence-corrected chi connectivity index (χ0v) is 8.93. The van der Waals surface area contributed by atoms with Crippen molar-refractivity contribution in [3.8, 4) is 0 Å². The zero-order valence-electron chi connectivity index (χ0n) is 8.93. The van der Waals surface area contributed by atoms with Crippen molar-refractivity contribution in [2.24, 2.45) is 0 Å². The minimum absolute atomic E-state index is 0.199.